The molecule has 2 aromatic rings. The molecule has 0 aliphatic carbocycles. The minimum absolute atomic E-state index is 0.0651. The average molecular weight is 261 g/mol. The summed E-state index contributed by atoms with van der Waals surface area (Å²) in [5, 5.41) is 22.5. The summed E-state index contributed by atoms with van der Waals surface area (Å²) in [7, 11) is 0. The molecular formula is C12H11N3O4. The van der Waals surface area contributed by atoms with Gasteiger partial charge in [-0.15, -0.1) is 0 Å². The van der Waals surface area contributed by atoms with Crippen LogP contribution in [0.5, 0.6) is 5.75 Å². The molecule has 1 heterocycles. The van der Waals surface area contributed by atoms with Gasteiger partial charge >= 0.3 is 0 Å². The van der Waals surface area contributed by atoms with Crippen LogP contribution in [0.15, 0.2) is 30.5 Å². The van der Waals surface area contributed by atoms with Crippen LogP contribution < -0.4 is 5.32 Å². The fraction of sp³-hybridized carbons (Fsp3) is 0.0833. The number of aromatic amines is 1. The topological polar surface area (TPSA) is 108 Å². The largest absolute Gasteiger partial charge is 0.508 e. The molecule has 19 heavy (non-hydrogen) atoms. The summed E-state index contributed by atoms with van der Waals surface area (Å²) in [6.45, 7) is 1.73. The highest BCUT2D eigenvalue weighted by atomic mass is 16.6. The van der Waals surface area contributed by atoms with Gasteiger partial charge in [0.25, 0.3) is 11.6 Å². The number of phenolic OH excluding ortho intramolecular Hbond substituents is 1. The third-order valence-corrected chi connectivity index (χ3v) is 2.59. The maximum Gasteiger partial charge on any atom is 0.287 e. The zero-order chi connectivity index (χ0) is 14.0. The van der Waals surface area contributed by atoms with Crippen molar-refractivity contribution in [2.75, 3.05) is 5.32 Å². The Kier molecular flexibility index (Phi) is 3.19. The molecule has 7 nitrogen and oxygen atoms in total. The molecule has 0 radical (unpaired) electrons. The predicted octanol–water partition coefficient (Wildman–Crippen LogP) is 2.19. The summed E-state index contributed by atoms with van der Waals surface area (Å²) in [6.07, 6.45) is 1.14. The van der Waals surface area contributed by atoms with Crippen molar-refractivity contribution in [1.29, 1.82) is 0 Å². The van der Waals surface area contributed by atoms with Gasteiger partial charge in [-0.25, -0.2) is 0 Å². The Labute approximate surface area is 108 Å². The van der Waals surface area contributed by atoms with Gasteiger partial charge < -0.3 is 15.4 Å². The molecule has 0 bridgehead atoms. The van der Waals surface area contributed by atoms with Gasteiger partial charge in [0.05, 0.1) is 11.1 Å². The smallest absolute Gasteiger partial charge is 0.287 e. The van der Waals surface area contributed by atoms with Crippen LogP contribution in [0.1, 0.15) is 16.1 Å². The minimum atomic E-state index is -0.592. The number of nitrogens with zero attached hydrogens (tertiary/aromatic N) is 1. The highest BCUT2D eigenvalue weighted by Gasteiger charge is 2.14. The first-order chi connectivity index (χ1) is 8.97. The Bertz CT molecular complexity index is 648. The lowest BCUT2D eigenvalue weighted by atomic mass is 10.2. The molecule has 98 valence electrons. The van der Waals surface area contributed by atoms with E-state index in [9.17, 15) is 20.0 Å². The second-order valence-electron chi connectivity index (χ2n) is 3.98. The normalized spacial score (nSPS) is 10.2. The minimum Gasteiger partial charge on any atom is -0.508 e. The third kappa shape index (κ3) is 2.71. The summed E-state index contributed by atoms with van der Waals surface area (Å²) in [6, 6.07) is 5.83. The molecule has 0 unspecified atom stereocenters. The lowest BCUT2D eigenvalue weighted by molar-refractivity contribution is -0.384. The van der Waals surface area contributed by atoms with Gasteiger partial charge in [-0.1, -0.05) is 6.07 Å². The number of aromatic nitrogens is 1. The number of carbonyl (C=O) groups excluding carboxylic acids is 1. The predicted molar refractivity (Wildman–Crippen MR) is 68.2 cm³/mol. The van der Waals surface area contributed by atoms with E-state index in [-0.39, 0.29) is 17.1 Å². The number of rotatable bonds is 3. The van der Waals surface area contributed by atoms with Crippen molar-refractivity contribution in [2.24, 2.45) is 0 Å². The molecule has 1 aromatic heterocycles. The van der Waals surface area contributed by atoms with Gasteiger partial charge in [0.1, 0.15) is 11.4 Å². The zero-order valence-corrected chi connectivity index (χ0v) is 10.0. The van der Waals surface area contributed by atoms with Gasteiger partial charge in [0, 0.05) is 17.8 Å². The SMILES string of the molecule is Cc1ccc(NC(=O)c2cc([N+](=O)[O-])c[nH]2)cc1O. The molecular weight excluding hydrogens is 250 g/mol. The Morgan fingerprint density at radius 1 is 1.42 bits per heavy atom. The van der Waals surface area contributed by atoms with Crippen molar-refractivity contribution in [3.05, 3.63) is 51.8 Å². The lowest BCUT2D eigenvalue weighted by Gasteiger charge is -2.05. The number of hydrogen-bond acceptors (Lipinski definition) is 4. The Hall–Kier alpha value is -2.83. The highest BCUT2D eigenvalue weighted by molar-refractivity contribution is 6.03. The molecule has 0 aliphatic heterocycles. The van der Waals surface area contributed by atoms with Gasteiger partial charge in [-0.2, -0.15) is 0 Å². The van der Waals surface area contributed by atoms with Crippen molar-refractivity contribution < 1.29 is 14.8 Å². The van der Waals surface area contributed by atoms with Crippen LogP contribution in [-0.4, -0.2) is 20.9 Å². The molecule has 0 aliphatic rings. The van der Waals surface area contributed by atoms with Crippen molar-refractivity contribution >= 4 is 17.3 Å². The van der Waals surface area contributed by atoms with Gasteiger partial charge in [0.15, 0.2) is 0 Å². The number of hydrogen-bond donors (Lipinski definition) is 3. The monoisotopic (exact) mass is 261 g/mol. The number of aromatic hydroxyl groups is 1. The number of benzene rings is 1. The molecule has 1 aromatic carbocycles. The van der Waals surface area contributed by atoms with Crippen LogP contribution in [0.25, 0.3) is 0 Å². The Morgan fingerprint density at radius 3 is 2.74 bits per heavy atom. The quantitative estimate of drug-likeness (QED) is 0.581. The second-order valence-corrected chi connectivity index (χ2v) is 3.98. The molecule has 0 saturated heterocycles. The van der Waals surface area contributed by atoms with Gasteiger partial charge in [0.2, 0.25) is 0 Å². The number of carbonyl (C=O) groups is 1. The van der Waals surface area contributed by atoms with Crippen LogP contribution in [-0.2, 0) is 0 Å². The molecule has 0 atom stereocenters. The summed E-state index contributed by atoms with van der Waals surface area (Å²) in [5.74, 6) is -0.452. The summed E-state index contributed by atoms with van der Waals surface area (Å²) in [5.41, 5.74) is 0.988. The Morgan fingerprint density at radius 2 is 2.16 bits per heavy atom. The van der Waals surface area contributed by atoms with E-state index >= 15 is 0 Å². The second kappa shape index (κ2) is 4.81. The van der Waals surface area contributed by atoms with Gasteiger partial charge in [-0.3, -0.25) is 14.9 Å². The first kappa shape index (κ1) is 12.6. The summed E-state index contributed by atoms with van der Waals surface area (Å²) >= 11 is 0. The van der Waals surface area contributed by atoms with Crippen molar-refractivity contribution in [3.8, 4) is 5.75 Å². The number of H-pyrrole nitrogens is 1. The van der Waals surface area contributed by atoms with E-state index in [1.165, 1.54) is 6.07 Å². The maximum absolute atomic E-state index is 11.8. The number of aryl methyl sites for hydroxylation is 1. The standard InChI is InChI=1S/C12H11N3O4/c1-7-2-3-8(4-11(7)16)14-12(17)10-5-9(6-13-10)15(18)19/h2-6,13,16H,1H3,(H,14,17). The number of nitrogens with one attached hydrogen (secondary N) is 2. The van der Waals surface area contributed by atoms with E-state index in [2.05, 4.69) is 10.3 Å². The van der Waals surface area contributed by atoms with Crippen LogP contribution >= 0.6 is 0 Å². The van der Waals surface area contributed by atoms with E-state index in [1.807, 2.05) is 0 Å². The maximum atomic E-state index is 11.8. The molecule has 0 fully saturated rings. The molecule has 0 saturated carbocycles. The summed E-state index contributed by atoms with van der Waals surface area (Å²) in [4.78, 5) is 24.2. The lowest BCUT2D eigenvalue weighted by Crippen LogP contribution is -2.12. The van der Waals surface area contributed by atoms with E-state index in [1.54, 1.807) is 19.1 Å². The van der Waals surface area contributed by atoms with Crippen molar-refractivity contribution in [1.82, 2.24) is 4.98 Å². The zero-order valence-electron chi connectivity index (χ0n) is 10.0. The first-order valence-corrected chi connectivity index (χ1v) is 5.41. The molecule has 0 spiro atoms. The van der Waals surface area contributed by atoms with E-state index in [0.29, 0.717) is 11.3 Å². The van der Waals surface area contributed by atoms with Crippen LogP contribution in [0.2, 0.25) is 0 Å². The van der Waals surface area contributed by atoms with E-state index < -0.39 is 10.8 Å². The fourth-order valence-electron chi connectivity index (χ4n) is 1.50. The third-order valence-electron chi connectivity index (χ3n) is 2.59. The van der Waals surface area contributed by atoms with Crippen molar-refractivity contribution in [3.63, 3.8) is 0 Å². The van der Waals surface area contributed by atoms with Crippen LogP contribution in [0, 0.1) is 17.0 Å². The first-order valence-electron chi connectivity index (χ1n) is 5.41. The number of phenols is 1. The van der Waals surface area contributed by atoms with E-state index in [0.717, 1.165) is 12.3 Å². The fourth-order valence-corrected chi connectivity index (χ4v) is 1.50. The van der Waals surface area contributed by atoms with E-state index in [4.69, 9.17) is 0 Å². The van der Waals surface area contributed by atoms with Crippen molar-refractivity contribution in [2.45, 2.75) is 6.92 Å². The highest BCUT2D eigenvalue weighted by Crippen LogP contribution is 2.21. The number of anilines is 1. The van der Waals surface area contributed by atoms with Crippen LogP contribution in [0.4, 0.5) is 11.4 Å². The molecule has 3 N–H and O–H groups in total. The molecule has 7 heteroatoms. The molecule has 1 amide bonds. The van der Waals surface area contributed by atoms with Gasteiger partial charge in [-0.05, 0) is 18.6 Å². The van der Waals surface area contributed by atoms with Crippen LogP contribution in [0.3, 0.4) is 0 Å². The Balaban J connectivity index is 2.15. The average Bonchev–Trinajstić information content (AvgIpc) is 2.83. The number of nitro groups is 1. The summed E-state index contributed by atoms with van der Waals surface area (Å²) < 4.78 is 0. The molecule has 2 rings (SSSR count). The number of amides is 1.